The highest BCUT2D eigenvalue weighted by Gasteiger charge is 2.00. The van der Waals surface area contributed by atoms with Gasteiger partial charge < -0.3 is 14.5 Å². The quantitative estimate of drug-likeness (QED) is 0.823. The van der Waals surface area contributed by atoms with Crippen molar-refractivity contribution in [3.63, 3.8) is 0 Å². The first-order valence-corrected chi connectivity index (χ1v) is 5.77. The number of hydrogen-bond donors (Lipinski definition) is 1. The Morgan fingerprint density at radius 1 is 1.28 bits per heavy atom. The fourth-order valence-electron chi connectivity index (χ4n) is 1.55. The van der Waals surface area contributed by atoms with E-state index in [1.807, 2.05) is 36.4 Å². The van der Waals surface area contributed by atoms with Crippen molar-refractivity contribution in [1.82, 2.24) is 5.32 Å². The highest BCUT2D eigenvalue weighted by Crippen LogP contribution is 2.22. The van der Waals surface area contributed by atoms with Crippen LogP contribution in [0.4, 0.5) is 0 Å². The Kier molecular flexibility index (Phi) is 4.02. The topological polar surface area (TPSA) is 51.5 Å². The van der Waals surface area contributed by atoms with Crippen LogP contribution in [-0.2, 0) is 4.79 Å². The molecule has 4 nitrogen and oxygen atoms in total. The van der Waals surface area contributed by atoms with Crippen LogP contribution in [0.5, 0.6) is 5.75 Å². The zero-order valence-electron chi connectivity index (χ0n) is 10.2. The highest BCUT2D eigenvalue weighted by molar-refractivity contribution is 5.72. The summed E-state index contributed by atoms with van der Waals surface area (Å²) in [7, 11) is 0. The Morgan fingerprint density at radius 3 is 2.67 bits per heavy atom. The predicted octanol–water partition coefficient (Wildman–Crippen LogP) is 2.46. The number of benzene rings is 1. The van der Waals surface area contributed by atoms with Gasteiger partial charge in [-0.05, 0) is 36.4 Å². The van der Waals surface area contributed by atoms with Crippen LogP contribution >= 0.6 is 0 Å². The summed E-state index contributed by atoms with van der Waals surface area (Å²) in [6.07, 6.45) is 1.65. The van der Waals surface area contributed by atoms with Gasteiger partial charge in [0.1, 0.15) is 18.1 Å². The van der Waals surface area contributed by atoms with Crippen LogP contribution in [0.15, 0.2) is 47.1 Å². The molecule has 0 radical (unpaired) electrons. The zero-order valence-corrected chi connectivity index (χ0v) is 10.2. The summed E-state index contributed by atoms with van der Waals surface area (Å²) in [5.41, 5.74) is 1.01. The SMILES string of the molecule is CC(=O)NCCOc1ccc(-c2ccco2)cc1. The molecule has 1 aromatic heterocycles. The maximum Gasteiger partial charge on any atom is 0.216 e. The number of rotatable bonds is 5. The van der Waals surface area contributed by atoms with Crippen molar-refractivity contribution in [2.24, 2.45) is 0 Å². The van der Waals surface area contributed by atoms with Gasteiger partial charge in [0, 0.05) is 12.5 Å². The molecule has 1 N–H and O–H groups in total. The van der Waals surface area contributed by atoms with Crippen LogP contribution in [0.3, 0.4) is 0 Å². The molecule has 0 unspecified atom stereocenters. The van der Waals surface area contributed by atoms with E-state index in [2.05, 4.69) is 5.32 Å². The van der Waals surface area contributed by atoms with Crippen molar-refractivity contribution >= 4 is 5.91 Å². The summed E-state index contributed by atoms with van der Waals surface area (Å²) in [4.78, 5) is 10.7. The highest BCUT2D eigenvalue weighted by atomic mass is 16.5. The van der Waals surface area contributed by atoms with Crippen LogP contribution < -0.4 is 10.1 Å². The van der Waals surface area contributed by atoms with Gasteiger partial charge in [0.15, 0.2) is 0 Å². The van der Waals surface area contributed by atoms with Gasteiger partial charge >= 0.3 is 0 Å². The van der Waals surface area contributed by atoms with Crippen molar-refractivity contribution < 1.29 is 13.9 Å². The fraction of sp³-hybridized carbons (Fsp3) is 0.214. The van der Waals surface area contributed by atoms with Crippen LogP contribution in [-0.4, -0.2) is 19.1 Å². The van der Waals surface area contributed by atoms with Gasteiger partial charge in [0.25, 0.3) is 0 Å². The molecule has 4 heteroatoms. The van der Waals surface area contributed by atoms with E-state index in [0.29, 0.717) is 13.2 Å². The molecule has 1 aromatic carbocycles. The van der Waals surface area contributed by atoms with Crippen LogP contribution in [0.25, 0.3) is 11.3 Å². The molecule has 0 aliphatic heterocycles. The van der Waals surface area contributed by atoms with Crippen molar-refractivity contribution in [1.29, 1.82) is 0 Å². The molecule has 94 valence electrons. The number of nitrogens with one attached hydrogen (secondary N) is 1. The zero-order chi connectivity index (χ0) is 12.8. The second-order valence-corrected chi connectivity index (χ2v) is 3.83. The normalized spacial score (nSPS) is 10.1. The third-order valence-electron chi connectivity index (χ3n) is 2.40. The second-order valence-electron chi connectivity index (χ2n) is 3.83. The Hall–Kier alpha value is -2.23. The number of ether oxygens (including phenoxy) is 1. The number of carbonyl (C=O) groups is 1. The first-order valence-electron chi connectivity index (χ1n) is 5.77. The summed E-state index contributed by atoms with van der Waals surface area (Å²) >= 11 is 0. The molecule has 1 amide bonds. The van der Waals surface area contributed by atoms with E-state index in [-0.39, 0.29) is 5.91 Å². The number of amides is 1. The van der Waals surface area contributed by atoms with E-state index < -0.39 is 0 Å². The third-order valence-corrected chi connectivity index (χ3v) is 2.40. The largest absolute Gasteiger partial charge is 0.492 e. The molecular formula is C14H15NO3. The molecule has 0 atom stereocenters. The smallest absolute Gasteiger partial charge is 0.216 e. The molecule has 18 heavy (non-hydrogen) atoms. The van der Waals surface area contributed by atoms with Crippen molar-refractivity contribution in [3.8, 4) is 17.1 Å². The first-order chi connectivity index (χ1) is 8.75. The molecule has 0 aliphatic rings. The van der Waals surface area contributed by atoms with Gasteiger partial charge in [-0.3, -0.25) is 4.79 Å². The Morgan fingerprint density at radius 2 is 2.06 bits per heavy atom. The molecule has 0 saturated heterocycles. The van der Waals surface area contributed by atoms with E-state index >= 15 is 0 Å². The summed E-state index contributed by atoms with van der Waals surface area (Å²) in [6.45, 7) is 2.45. The van der Waals surface area contributed by atoms with Crippen LogP contribution in [0.2, 0.25) is 0 Å². The fourth-order valence-corrected chi connectivity index (χ4v) is 1.55. The van der Waals surface area contributed by atoms with E-state index in [0.717, 1.165) is 17.1 Å². The second kappa shape index (κ2) is 5.91. The first kappa shape index (κ1) is 12.2. The molecule has 0 bridgehead atoms. The molecule has 2 rings (SSSR count). The van der Waals surface area contributed by atoms with Gasteiger partial charge in [0.05, 0.1) is 12.8 Å². The minimum Gasteiger partial charge on any atom is -0.492 e. The van der Waals surface area contributed by atoms with Crippen LogP contribution in [0, 0.1) is 0 Å². The van der Waals surface area contributed by atoms with Gasteiger partial charge in [0.2, 0.25) is 5.91 Å². The Balaban J connectivity index is 1.86. The van der Waals surface area contributed by atoms with Gasteiger partial charge in [-0.2, -0.15) is 0 Å². The molecule has 0 saturated carbocycles. The lowest BCUT2D eigenvalue weighted by Gasteiger charge is -2.06. The standard InChI is InChI=1S/C14H15NO3/c1-11(16)15-8-10-17-13-6-4-12(5-7-13)14-3-2-9-18-14/h2-7,9H,8,10H2,1H3,(H,15,16). The monoisotopic (exact) mass is 245 g/mol. The lowest BCUT2D eigenvalue weighted by Crippen LogP contribution is -2.25. The van der Waals surface area contributed by atoms with E-state index in [9.17, 15) is 4.79 Å². The number of carbonyl (C=O) groups excluding carboxylic acids is 1. The Labute approximate surface area is 106 Å². The van der Waals surface area contributed by atoms with Crippen molar-refractivity contribution in [2.75, 3.05) is 13.2 Å². The molecular weight excluding hydrogens is 230 g/mol. The maximum atomic E-state index is 10.7. The van der Waals surface area contributed by atoms with E-state index in [1.54, 1.807) is 6.26 Å². The van der Waals surface area contributed by atoms with E-state index in [1.165, 1.54) is 6.92 Å². The molecule has 0 fully saturated rings. The van der Waals surface area contributed by atoms with Crippen LogP contribution in [0.1, 0.15) is 6.92 Å². The van der Waals surface area contributed by atoms with E-state index in [4.69, 9.17) is 9.15 Å². The predicted molar refractivity (Wildman–Crippen MR) is 68.3 cm³/mol. The van der Waals surface area contributed by atoms with Gasteiger partial charge in [-0.15, -0.1) is 0 Å². The van der Waals surface area contributed by atoms with Gasteiger partial charge in [-0.1, -0.05) is 0 Å². The van der Waals surface area contributed by atoms with Crippen molar-refractivity contribution in [3.05, 3.63) is 42.7 Å². The molecule has 0 spiro atoms. The molecule has 1 heterocycles. The minimum atomic E-state index is -0.0493. The number of furan rings is 1. The van der Waals surface area contributed by atoms with Crippen molar-refractivity contribution in [2.45, 2.75) is 6.92 Å². The summed E-state index contributed by atoms with van der Waals surface area (Å²) in [5, 5.41) is 2.67. The average molecular weight is 245 g/mol. The molecule has 2 aromatic rings. The average Bonchev–Trinajstić information content (AvgIpc) is 2.89. The molecule has 0 aliphatic carbocycles. The summed E-state index contributed by atoms with van der Waals surface area (Å²) < 4.78 is 10.8. The lowest BCUT2D eigenvalue weighted by molar-refractivity contribution is -0.119. The summed E-state index contributed by atoms with van der Waals surface area (Å²) in [5.74, 6) is 1.56. The number of hydrogen-bond acceptors (Lipinski definition) is 3. The summed E-state index contributed by atoms with van der Waals surface area (Å²) in [6, 6.07) is 11.4. The lowest BCUT2D eigenvalue weighted by atomic mass is 10.2. The Bertz CT molecular complexity index is 488. The third kappa shape index (κ3) is 3.38. The maximum absolute atomic E-state index is 10.7. The minimum absolute atomic E-state index is 0.0493. The van der Waals surface area contributed by atoms with Gasteiger partial charge in [-0.25, -0.2) is 0 Å².